The molecule has 2 unspecified atom stereocenters. The lowest BCUT2D eigenvalue weighted by Crippen LogP contribution is -2.41. The van der Waals surface area contributed by atoms with E-state index >= 15 is 0 Å². The zero-order valence-corrected chi connectivity index (χ0v) is 18.3. The summed E-state index contributed by atoms with van der Waals surface area (Å²) in [6.07, 6.45) is 1.62. The van der Waals surface area contributed by atoms with E-state index < -0.39 is 5.97 Å². The summed E-state index contributed by atoms with van der Waals surface area (Å²) in [6, 6.07) is 12.6. The fraction of sp³-hybridized carbons (Fsp3) is 0.435. The molecule has 0 saturated carbocycles. The van der Waals surface area contributed by atoms with Crippen LogP contribution in [0.4, 0.5) is 0 Å². The molecule has 1 heterocycles. The van der Waals surface area contributed by atoms with E-state index in [4.69, 9.17) is 4.74 Å². The van der Waals surface area contributed by atoms with Gasteiger partial charge in [0.15, 0.2) is 0 Å². The van der Waals surface area contributed by atoms with Crippen molar-refractivity contribution in [2.75, 3.05) is 19.7 Å². The number of aliphatic carboxylic acids is 1. The van der Waals surface area contributed by atoms with Crippen LogP contribution in [-0.4, -0.2) is 35.7 Å². The smallest absolute Gasteiger partial charge is 0.307 e. The molecular weight excluding hydrogens is 418 g/mol. The fourth-order valence-corrected chi connectivity index (χ4v) is 4.60. The third-order valence-electron chi connectivity index (χ3n) is 5.29. The standard InChI is InChI=1S/C23H28BrNO3/c1-4-28-21-8-7-19(24)13-20(21)22(18-11-15(2)10-16(3)12-18)25-9-5-6-17(14-25)23(26)27/h7-8,10-13,17,22H,4-6,9,14H2,1-3H3,(H,26,27). The Hall–Kier alpha value is -1.85. The van der Waals surface area contributed by atoms with E-state index in [0.717, 1.165) is 35.2 Å². The molecule has 3 rings (SSSR count). The Labute approximate surface area is 175 Å². The van der Waals surface area contributed by atoms with Gasteiger partial charge in [-0.15, -0.1) is 0 Å². The first-order valence-corrected chi connectivity index (χ1v) is 10.7. The first-order chi connectivity index (χ1) is 13.4. The highest BCUT2D eigenvalue weighted by Crippen LogP contribution is 2.39. The third-order valence-corrected chi connectivity index (χ3v) is 5.79. The normalized spacial score (nSPS) is 18.6. The van der Waals surface area contributed by atoms with Crippen LogP contribution in [0.3, 0.4) is 0 Å². The van der Waals surface area contributed by atoms with Crippen LogP contribution in [0.5, 0.6) is 5.75 Å². The Balaban J connectivity index is 2.12. The minimum absolute atomic E-state index is 0.0419. The molecule has 1 N–H and O–H groups in total. The summed E-state index contributed by atoms with van der Waals surface area (Å²) in [7, 11) is 0. The first-order valence-electron chi connectivity index (χ1n) is 9.86. The molecule has 0 spiro atoms. The fourth-order valence-electron chi connectivity index (χ4n) is 4.22. The monoisotopic (exact) mass is 445 g/mol. The predicted octanol–water partition coefficient (Wildman–Crippen LogP) is 5.35. The second kappa shape index (κ2) is 9.10. The Morgan fingerprint density at radius 2 is 1.96 bits per heavy atom. The third kappa shape index (κ3) is 4.76. The average molecular weight is 446 g/mol. The molecule has 1 aliphatic heterocycles. The largest absolute Gasteiger partial charge is 0.494 e. The van der Waals surface area contributed by atoms with Crippen LogP contribution >= 0.6 is 15.9 Å². The van der Waals surface area contributed by atoms with Crippen molar-refractivity contribution in [2.24, 2.45) is 5.92 Å². The minimum atomic E-state index is -0.705. The van der Waals surface area contributed by atoms with Gasteiger partial charge in [0.2, 0.25) is 0 Å². The van der Waals surface area contributed by atoms with Crippen molar-refractivity contribution >= 4 is 21.9 Å². The molecule has 0 radical (unpaired) electrons. The molecule has 0 amide bonds. The summed E-state index contributed by atoms with van der Waals surface area (Å²) in [5, 5.41) is 9.59. The van der Waals surface area contributed by atoms with Gasteiger partial charge in [0.05, 0.1) is 18.6 Å². The number of benzene rings is 2. The van der Waals surface area contributed by atoms with Crippen molar-refractivity contribution in [3.63, 3.8) is 0 Å². The van der Waals surface area contributed by atoms with Gasteiger partial charge in [0.25, 0.3) is 0 Å². The number of carboxylic acids is 1. The molecule has 0 bridgehead atoms. The lowest BCUT2D eigenvalue weighted by atomic mass is 9.89. The molecule has 2 aromatic carbocycles. The van der Waals surface area contributed by atoms with Crippen LogP contribution < -0.4 is 4.74 Å². The maximum Gasteiger partial charge on any atom is 0.307 e. The highest BCUT2D eigenvalue weighted by molar-refractivity contribution is 9.10. The number of halogens is 1. The highest BCUT2D eigenvalue weighted by Gasteiger charge is 2.33. The topological polar surface area (TPSA) is 49.8 Å². The quantitative estimate of drug-likeness (QED) is 0.650. The molecule has 4 nitrogen and oxygen atoms in total. The van der Waals surface area contributed by atoms with Gasteiger partial charge in [-0.1, -0.05) is 45.3 Å². The van der Waals surface area contributed by atoms with Crippen molar-refractivity contribution in [1.29, 1.82) is 0 Å². The Bertz CT molecular complexity index is 831. The van der Waals surface area contributed by atoms with E-state index in [1.807, 2.05) is 19.1 Å². The maximum absolute atomic E-state index is 11.7. The van der Waals surface area contributed by atoms with E-state index in [1.165, 1.54) is 16.7 Å². The van der Waals surface area contributed by atoms with Crippen LogP contribution in [0.15, 0.2) is 40.9 Å². The summed E-state index contributed by atoms with van der Waals surface area (Å²) in [4.78, 5) is 14.0. The van der Waals surface area contributed by atoms with Crippen LogP contribution in [0.1, 0.15) is 48.1 Å². The van der Waals surface area contributed by atoms with Crippen molar-refractivity contribution in [3.05, 3.63) is 63.1 Å². The van der Waals surface area contributed by atoms with E-state index in [2.05, 4.69) is 58.9 Å². The van der Waals surface area contributed by atoms with Crippen molar-refractivity contribution in [3.8, 4) is 5.75 Å². The van der Waals surface area contributed by atoms with Gasteiger partial charge in [-0.3, -0.25) is 9.69 Å². The van der Waals surface area contributed by atoms with E-state index in [-0.39, 0.29) is 12.0 Å². The zero-order valence-electron chi connectivity index (χ0n) is 16.7. The molecular formula is C23H28BrNO3. The number of likely N-dealkylation sites (tertiary alicyclic amines) is 1. The molecule has 150 valence electrons. The maximum atomic E-state index is 11.7. The summed E-state index contributed by atoms with van der Waals surface area (Å²) in [5.41, 5.74) is 4.68. The van der Waals surface area contributed by atoms with E-state index in [0.29, 0.717) is 13.2 Å². The van der Waals surface area contributed by atoms with Crippen LogP contribution in [0, 0.1) is 19.8 Å². The number of rotatable bonds is 6. The van der Waals surface area contributed by atoms with Crippen LogP contribution in [-0.2, 0) is 4.79 Å². The molecule has 1 aliphatic rings. The highest BCUT2D eigenvalue weighted by atomic mass is 79.9. The number of piperidine rings is 1. The molecule has 0 aliphatic carbocycles. The number of hydrogen-bond acceptors (Lipinski definition) is 3. The summed E-state index contributed by atoms with van der Waals surface area (Å²) < 4.78 is 6.95. The Kier molecular flexibility index (Phi) is 6.78. The molecule has 2 aromatic rings. The predicted molar refractivity (Wildman–Crippen MR) is 115 cm³/mol. The Morgan fingerprint density at radius 1 is 1.25 bits per heavy atom. The molecule has 5 heteroatoms. The lowest BCUT2D eigenvalue weighted by molar-refractivity contribution is -0.143. The Morgan fingerprint density at radius 3 is 2.61 bits per heavy atom. The number of aryl methyl sites for hydroxylation is 2. The number of nitrogens with zero attached hydrogens (tertiary/aromatic N) is 1. The molecule has 0 aromatic heterocycles. The molecule has 2 atom stereocenters. The SMILES string of the molecule is CCOc1ccc(Br)cc1C(c1cc(C)cc(C)c1)N1CCCC(C(=O)O)C1. The number of hydrogen-bond donors (Lipinski definition) is 1. The van der Waals surface area contributed by atoms with Gasteiger partial charge in [-0.2, -0.15) is 0 Å². The number of carbonyl (C=O) groups is 1. The van der Waals surface area contributed by atoms with Crippen LogP contribution in [0.2, 0.25) is 0 Å². The van der Waals surface area contributed by atoms with Gasteiger partial charge in [0, 0.05) is 16.6 Å². The summed E-state index contributed by atoms with van der Waals surface area (Å²) >= 11 is 3.61. The average Bonchev–Trinajstić information content (AvgIpc) is 2.64. The van der Waals surface area contributed by atoms with Gasteiger partial charge in [-0.25, -0.2) is 0 Å². The molecule has 1 fully saturated rings. The minimum Gasteiger partial charge on any atom is -0.494 e. The van der Waals surface area contributed by atoms with Crippen molar-refractivity contribution < 1.29 is 14.6 Å². The van der Waals surface area contributed by atoms with Crippen molar-refractivity contribution in [2.45, 2.75) is 39.7 Å². The van der Waals surface area contributed by atoms with Gasteiger partial charge in [0.1, 0.15) is 5.75 Å². The van der Waals surface area contributed by atoms with E-state index in [9.17, 15) is 9.90 Å². The van der Waals surface area contributed by atoms with Crippen molar-refractivity contribution in [1.82, 2.24) is 4.90 Å². The van der Waals surface area contributed by atoms with Gasteiger partial charge in [-0.05, 0) is 63.9 Å². The second-order valence-corrected chi connectivity index (χ2v) is 8.53. The summed E-state index contributed by atoms with van der Waals surface area (Å²) in [5.74, 6) is -0.180. The molecule has 28 heavy (non-hydrogen) atoms. The molecule has 1 saturated heterocycles. The second-order valence-electron chi connectivity index (χ2n) is 7.61. The van der Waals surface area contributed by atoms with Gasteiger partial charge >= 0.3 is 5.97 Å². The lowest BCUT2D eigenvalue weighted by Gasteiger charge is -2.38. The van der Waals surface area contributed by atoms with E-state index in [1.54, 1.807) is 0 Å². The van der Waals surface area contributed by atoms with Crippen LogP contribution in [0.25, 0.3) is 0 Å². The van der Waals surface area contributed by atoms with Gasteiger partial charge < -0.3 is 9.84 Å². The zero-order chi connectivity index (χ0) is 20.3. The number of carboxylic acid groups (broad SMARTS) is 1. The first kappa shape index (κ1) is 20.9. The summed E-state index contributed by atoms with van der Waals surface area (Å²) in [6.45, 7) is 8.21. The number of ether oxygens (including phenoxy) is 1.